The average molecular weight is 347 g/mol. The molecule has 1 aliphatic heterocycles. The number of hydrogen-bond acceptors (Lipinski definition) is 3. The van der Waals surface area contributed by atoms with Gasteiger partial charge in [-0.1, -0.05) is 18.2 Å². The van der Waals surface area contributed by atoms with Gasteiger partial charge in [-0.05, 0) is 42.7 Å². The molecule has 0 saturated heterocycles. The third-order valence-corrected chi connectivity index (χ3v) is 6.58. The first kappa shape index (κ1) is 15.1. The Morgan fingerprint density at radius 2 is 1.88 bits per heavy atom. The van der Waals surface area contributed by atoms with Gasteiger partial charge in [-0.3, -0.25) is 4.31 Å². The molecular formula is C17H14FNO4S. The topological polar surface area (TPSA) is 74.7 Å². The highest BCUT2D eigenvalue weighted by Gasteiger charge is 2.54. The molecule has 1 aliphatic carbocycles. The Morgan fingerprint density at radius 3 is 2.50 bits per heavy atom. The summed E-state index contributed by atoms with van der Waals surface area (Å²) in [4.78, 5) is 10.4. The summed E-state index contributed by atoms with van der Waals surface area (Å²) >= 11 is 0. The molecule has 1 heterocycles. The zero-order chi connectivity index (χ0) is 17.1. The van der Waals surface area contributed by atoms with E-state index in [0.717, 1.165) is 36.6 Å². The van der Waals surface area contributed by atoms with Gasteiger partial charge in [-0.2, -0.15) is 0 Å². The van der Waals surface area contributed by atoms with E-state index >= 15 is 0 Å². The molecule has 5 nitrogen and oxygen atoms in total. The number of carbonyl (C=O) groups is 1. The largest absolute Gasteiger partial charge is 0.478 e. The van der Waals surface area contributed by atoms with Crippen molar-refractivity contribution in [3.05, 3.63) is 59.4 Å². The smallest absolute Gasteiger partial charge is 0.335 e. The van der Waals surface area contributed by atoms with Crippen LogP contribution in [-0.2, 0) is 15.4 Å². The number of carboxylic acid groups (broad SMARTS) is 1. The average Bonchev–Trinajstić information content (AvgIpc) is 3.24. The van der Waals surface area contributed by atoms with Crippen LogP contribution in [0.15, 0.2) is 47.4 Å². The highest BCUT2D eigenvalue weighted by molar-refractivity contribution is 7.92. The predicted molar refractivity (Wildman–Crippen MR) is 85.2 cm³/mol. The maximum Gasteiger partial charge on any atom is 0.335 e. The number of halogens is 1. The van der Waals surface area contributed by atoms with Crippen LogP contribution in [0.3, 0.4) is 0 Å². The Bertz CT molecular complexity index is 966. The van der Waals surface area contributed by atoms with E-state index in [1.54, 1.807) is 12.1 Å². The van der Waals surface area contributed by atoms with Gasteiger partial charge in [0, 0.05) is 12.0 Å². The van der Waals surface area contributed by atoms with Gasteiger partial charge in [-0.15, -0.1) is 0 Å². The lowest BCUT2D eigenvalue weighted by atomic mass is 9.99. The predicted octanol–water partition coefficient (Wildman–Crippen LogP) is 2.76. The first-order valence-electron chi connectivity index (χ1n) is 7.50. The number of rotatable bonds is 3. The maximum absolute atomic E-state index is 14.3. The fraction of sp³-hybridized carbons (Fsp3) is 0.235. The summed E-state index contributed by atoms with van der Waals surface area (Å²) in [5.74, 6) is -2.36. The summed E-state index contributed by atoms with van der Waals surface area (Å²) < 4.78 is 41.4. The van der Waals surface area contributed by atoms with Crippen molar-refractivity contribution >= 4 is 21.7 Å². The zero-order valence-corrected chi connectivity index (χ0v) is 13.4. The fourth-order valence-corrected chi connectivity index (χ4v) is 4.96. The number of anilines is 1. The van der Waals surface area contributed by atoms with Gasteiger partial charge >= 0.3 is 5.97 Å². The van der Waals surface area contributed by atoms with Crippen molar-refractivity contribution < 1.29 is 22.7 Å². The third-order valence-electron chi connectivity index (χ3n) is 4.79. The van der Waals surface area contributed by atoms with Gasteiger partial charge in [0.1, 0.15) is 10.7 Å². The number of benzene rings is 2. The summed E-state index contributed by atoms with van der Waals surface area (Å²) in [7, 11) is -4.09. The van der Waals surface area contributed by atoms with E-state index in [4.69, 9.17) is 5.11 Å². The van der Waals surface area contributed by atoms with Crippen molar-refractivity contribution in [2.45, 2.75) is 23.2 Å². The number of fused-ring (bicyclic) bond motifs is 2. The Hall–Kier alpha value is -2.41. The number of hydrogen-bond donors (Lipinski definition) is 1. The quantitative estimate of drug-likeness (QED) is 0.926. The third kappa shape index (κ3) is 2.04. The van der Waals surface area contributed by atoms with E-state index in [9.17, 15) is 17.6 Å². The molecule has 1 fully saturated rings. The molecule has 24 heavy (non-hydrogen) atoms. The van der Waals surface area contributed by atoms with Crippen LogP contribution in [0.2, 0.25) is 0 Å². The summed E-state index contributed by atoms with van der Waals surface area (Å²) in [6.07, 6.45) is 1.83. The van der Waals surface area contributed by atoms with Crippen LogP contribution in [0.25, 0.3) is 0 Å². The SMILES string of the molecule is O=C(O)c1ccc(S(=O)(=O)N2CC3(CC3)c3ccccc32)c(F)c1. The van der Waals surface area contributed by atoms with Crippen molar-refractivity contribution in [2.75, 3.05) is 10.8 Å². The van der Waals surface area contributed by atoms with Gasteiger partial charge in [0.15, 0.2) is 0 Å². The lowest BCUT2D eigenvalue weighted by Gasteiger charge is -2.20. The van der Waals surface area contributed by atoms with Crippen molar-refractivity contribution in [1.29, 1.82) is 0 Å². The van der Waals surface area contributed by atoms with Crippen LogP contribution in [-0.4, -0.2) is 26.0 Å². The number of nitrogens with zero attached hydrogens (tertiary/aromatic N) is 1. The van der Waals surface area contributed by atoms with Crippen LogP contribution in [0.1, 0.15) is 28.8 Å². The first-order chi connectivity index (χ1) is 11.3. The van der Waals surface area contributed by atoms with Crippen molar-refractivity contribution in [3.63, 3.8) is 0 Å². The summed E-state index contributed by atoms with van der Waals surface area (Å²) in [6.45, 7) is 0.300. The summed E-state index contributed by atoms with van der Waals surface area (Å²) in [6, 6.07) is 10.1. The molecule has 2 aliphatic rings. The molecule has 2 aromatic rings. The summed E-state index contributed by atoms with van der Waals surface area (Å²) in [5.41, 5.74) is 1.13. The second kappa shape index (κ2) is 4.80. The van der Waals surface area contributed by atoms with Gasteiger partial charge in [0.2, 0.25) is 0 Å². The van der Waals surface area contributed by atoms with Gasteiger partial charge < -0.3 is 5.11 Å². The number of aromatic carboxylic acids is 1. The van der Waals surface area contributed by atoms with Crippen molar-refractivity contribution in [2.24, 2.45) is 0 Å². The molecule has 0 atom stereocenters. The van der Waals surface area contributed by atoms with Crippen LogP contribution in [0, 0.1) is 5.82 Å². The van der Waals surface area contributed by atoms with Gasteiger partial charge in [0.25, 0.3) is 10.0 Å². The van der Waals surface area contributed by atoms with Crippen LogP contribution < -0.4 is 4.31 Å². The van der Waals surface area contributed by atoms with Gasteiger partial charge in [0.05, 0.1) is 11.3 Å². The Labute approximate surface area is 138 Å². The molecule has 2 aromatic carbocycles. The lowest BCUT2D eigenvalue weighted by molar-refractivity contribution is 0.0696. The van der Waals surface area contributed by atoms with Gasteiger partial charge in [-0.25, -0.2) is 17.6 Å². The Kier molecular flexibility index (Phi) is 3.02. The van der Waals surface area contributed by atoms with E-state index in [0.29, 0.717) is 12.2 Å². The summed E-state index contributed by atoms with van der Waals surface area (Å²) in [5, 5.41) is 8.90. The van der Waals surface area contributed by atoms with E-state index in [-0.39, 0.29) is 11.0 Å². The number of para-hydroxylation sites is 1. The maximum atomic E-state index is 14.3. The Balaban J connectivity index is 1.81. The van der Waals surface area contributed by atoms with E-state index in [1.807, 2.05) is 12.1 Å². The number of carboxylic acids is 1. The number of sulfonamides is 1. The van der Waals surface area contributed by atoms with Crippen LogP contribution in [0.4, 0.5) is 10.1 Å². The second-order valence-electron chi connectivity index (χ2n) is 6.26. The molecule has 1 spiro atoms. The highest BCUT2D eigenvalue weighted by atomic mass is 32.2. The molecule has 7 heteroatoms. The van der Waals surface area contributed by atoms with E-state index in [2.05, 4.69) is 0 Å². The molecular weight excluding hydrogens is 333 g/mol. The molecule has 0 radical (unpaired) electrons. The minimum absolute atomic E-state index is 0.152. The Morgan fingerprint density at radius 1 is 1.17 bits per heavy atom. The zero-order valence-electron chi connectivity index (χ0n) is 12.6. The molecule has 1 saturated carbocycles. The second-order valence-corrected chi connectivity index (χ2v) is 8.09. The highest BCUT2D eigenvalue weighted by Crippen LogP contribution is 2.57. The molecule has 0 amide bonds. The molecule has 124 valence electrons. The monoisotopic (exact) mass is 347 g/mol. The molecule has 0 aromatic heterocycles. The standard InChI is InChI=1S/C17H14FNO4S/c18-13-9-11(16(20)21)5-6-15(13)24(22,23)19-10-17(7-8-17)12-3-1-2-4-14(12)19/h1-6,9H,7-8,10H2,(H,20,21). The molecule has 4 rings (SSSR count). The van der Waals surface area contributed by atoms with E-state index in [1.165, 1.54) is 4.31 Å². The van der Waals surface area contributed by atoms with Crippen molar-refractivity contribution in [1.82, 2.24) is 0 Å². The minimum Gasteiger partial charge on any atom is -0.478 e. The first-order valence-corrected chi connectivity index (χ1v) is 8.94. The van der Waals surface area contributed by atoms with Crippen LogP contribution in [0.5, 0.6) is 0 Å². The fourth-order valence-electron chi connectivity index (χ4n) is 3.34. The molecule has 0 bridgehead atoms. The molecule has 0 unspecified atom stereocenters. The van der Waals surface area contributed by atoms with Crippen molar-refractivity contribution in [3.8, 4) is 0 Å². The van der Waals surface area contributed by atoms with Crippen LogP contribution >= 0.6 is 0 Å². The lowest BCUT2D eigenvalue weighted by Crippen LogP contribution is -2.32. The molecule has 1 N–H and O–H groups in total. The normalized spacial score (nSPS) is 17.8. The minimum atomic E-state index is -4.09. The van der Waals surface area contributed by atoms with E-state index < -0.39 is 26.7 Å².